The first-order valence-corrected chi connectivity index (χ1v) is 13.3. The van der Waals surface area contributed by atoms with E-state index in [1.54, 1.807) is 11.3 Å². The molecule has 1 atom stereocenters. The van der Waals surface area contributed by atoms with Gasteiger partial charge in [0.15, 0.2) is 0 Å². The van der Waals surface area contributed by atoms with Crippen LogP contribution < -0.4 is 10.6 Å². The molecule has 34 heavy (non-hydrogen) atoms. The van der Waals surface area contributed by atoms with Crippen molar-refractivity contribution in [2.45, 2.75) is 51.6 Å². The average molecular weight is 477 g/mol. The van der Waals surface area contributed by atoms with Gasteiger partial charge in [-0.25, -0.2) is 4.98 Å². The van der Waals surface area contributed by atoms with Gasteiger partial charge in [0.2, 0.25) is 5.91 Å². The Morgan fingerprint density at radius 1 is 1.24 bits per heavy atom. The Morgan fingerprint density at radius 3 is 2.82 bits per heavy atom. The van der Waals surface area contributed by atoms with E-state index in [0.29, 0.717) is 31.1 Å². The molecule has 178 valence electrons. The SMILES string of the molecule is C[C@H](NC(=O)c1c(CN2CCNC(=O)C2)c(-c2ccsc2)nc2ccccc12)C1CCCCC1. The first kappa shape index (κ1) is 23.0. The number of fused-ring (bicyclic) bond motifs is 1. The maximum Gasteiger partial charge on any atom is 0.252 e. The maximum absolute atomic E-state index is 13.9. The Morgan fingerprint density at radius 2 is 2.06 bits per heavy atom. The first-order valence-electron chi connectivity index (χ1n) is 12.3. The van der Waals surface area contributed by atoms with E-state index in [2.05, 4.69) is 33.9 Å². The van der Waals surface area contributed by atoms with Crippen LogP contribution in [-0.4, -0.2) is 47.4 Å². The zero-order chi connectivity index (χ0) is 23.5. The van der Waals surface area contributed by atoms with Gasteiger partial charge in [-0.15, -0.1) is 0 Å². The molecule has 1 aromatic carbocycles. The van der Waals surface area contributed by atoms with E-state index in [0.717, 1.165) is 34.3 Å². The molecule has 3 heterocycles. The van der Waals surface area contributed by atoms with Gasteiger partial charge in [-0.2, -0.15) is 11.3 Å². The van der Waals surface area contributed by atoms with Crippen LogP contribution in [0.3, 0.4) is 0 Å². The number of aromatic nitrogens is 1. The van der Waals surface area contributed by atoms with Crippen LogP contribution >= 0.6 is 11.3 Å². The summed E-state index contributed by atoms with van der Waals surface area (Å²) in [5, 5.41) is 11.2. The van der Waals surface area contributed by atoms with Crippen molar-refractivity contribution in [1.82, 2.24) is 20.5 Å². The number of carbonyl (C=O) groups excluding carboxylic acids is 2. The molecule has 5 rings (SSSR count). The van der Waals surface area contributed by atoms with Gasteiger partial charge < -0.3 is 10.6 Å². The number of hydrogen-bond donors (Lipinski definition) is 2. The van der Waals surface area contributed by atoms with Crippen molar-refractivity contribution in [1.29, 1.82) is 0 Å². The van der Waals surface area contributed by atoms with E-state index in [1.807, 2.05) is 29.6 Å². The van der Waals surface area contributed by atoms with Gasteiger partial charge in [0.05, 0.1) is 23.3 Å². The minimum Gasteiger partial charge on any atom is -0.354 e. The zero-order valence-corrected chi connectivity index (χ0v) is 20.5. The smallest absolute Gasteiger partial charge is 0.252 e. The Hall–Kier alpha value is -2.77. The maximum atomic E-state index is 13.9. The third-order valence-electron chi connectivity index (χ3n) is 7.23. The molecular formula is C27H32N4O2S. The van der Waals surface area contributed by atoms with Gasteiger partial charge in [-0.1, -0.05) is 37.5 Å². The lowest BCUT2D eigenvalue weighted by atomic mass is 9.84. The fraction of sp³-hybridized carbons (Fsp3) is 0.444. The molecule has 1 saturated carbocycles. The van der Waals surface area contributed by atoms with Crippen LogP contribution in [0, 0.1) is 5.92 Å². The molecule has 2 aromatic heterocycles. The van der Waals surface area contributed by atoms with E-state index in [-0.39, 0.29) is 17.9 Å². The number of carbonyl (C=O) groups is 2. The summed E-state index contributed by atoms with van der Waals surface area (Å²) in [4.78, 5) is 33.1. The molecule has 0 unspecified atom stereocenters. The van der Waals surface area contributed by atoms with Crippen molar-refractivity contribution < 1.29 is 9.59 Å². The lowest BCUT2D eigenvalue weighted by Gasteiger charge is -2.30. The Labute approximate surface area is 204 Å². The number of nitrogens with zero attached hydrogens (tertiary/aromatic N) is 2. The summed E-state index contributed by atoms with van der Waals surface area (Å²) >= 11 is 1.62. The van der Waals surface area contributed by atoms with Crippen LogP contribution in [0.15, 0.2) is 41.1 Å². The minimum atomic E-state index is -0.0374. The lowest BCUT2D eigenvalue weighted by molar-refractivity contribution is -0.124. The highest BCUT2D eigenvalue weighted by Crippen LogP contribution is 2.33. The Balaban J connectivity index is 1.58. The minimum absolute atomic E-state index is 0.0222. The van der Waals surface area contributed by atoms with Crippen LogP contribution in [0.25, 0.3) is 22.2 Å². The molecule has 2 aliphatic rings. The van der Waals surface area contributed by atoms with E-state index < -0.39 is 0 Å². The summed E-state index contributed by atoms with van der Waals surface area (Å²) in [7, 11) is 0. The van der Waals surface area contributed by atoms with E-state index >= 15 is 0 Å². The number of piperazine rings is 1. The molecule has 3 aromatic rings. The molecule has 0 radical (unpaired) electrons. The molecule has 0 spiro atoms. The molecule has 2 fully saturated rings. The van der Waals surface area contributed by atoms with Gasteiger partial charge in [0.25, 0.3) is 5.91 Å². The predicted octanol–water partition coefficient (Wildman–Crippen LogP) is 4.59. The second-order valence-electron chi connectivity index (χ2n) is 9.56. The lowest BCUT2D eigenvalue weighted by Crippen LogP contribution is -2.47. The van der Waals surface area contributed by atoms with E-state index in [4.69, 9.17) is 4.98 Å². The summed E-state index contributed by atoms with van der Waals surface area (Å²) in [5.74, 6) is 0.509. The number of para-hydroxylation sites is 1. The molecule has 1 saturated heterocycles. The first-order chi connectivity index (χ1) is 16.6. The van der Waals surface area contributed by atoms with E-state index in [1.165, 1.54) is 32.1 Å². The number of amides is 2. The zero-order valence-electron chi connectivity index (χ0n) is 19.7. The highest BCUT2D eigenvalue weighted by Gasteiger charge is 2.28. The van der Waals surface area contributed by atoms with E-state index in [9.17, 15) is 9.59 Å². The highest BCUT2D eigenvalue weighted by molar-refractivity contribution is 7.08. The molecular weight excluding hydrogens is 444 g/mol. The molecule has 1 aliphatic carbocycles. The standard InChI is InChI=1S/C27H32N4O2S/c1-18(19-7-3-2-4-8-19)29-27(33)25-21-9-5-6-10-23(21)30-26(20-11-14-34-17-20)22(25)15-31-13-12-28-24(32)16-31/h5-6,9-11,14,17-19H,2-4,7-8,12-13,15-16H2,1H3,(H,28,32)(H,29,33)/t18-/m0/s1. The van der Waals surface area contributed by atoms with Gasteiger partial charge >= 0.3 is 0 Å². The summed E-state index contributed by atoms with van der Waals surface area (Å²) in [6, 6.07) is 10.1. The summed E-state index contributed by atoms with van der Waals surface area (Å²) in [6.45, 7) is 4.35. The molecule has 2 amide bonds. The third kappa shape index (κ3) is 4.86. The summed E-state index contributed by atoms with van der Waals surface area (Å²) in [5.41, 5.74) is 4.27. The molecule has 2 N–H and O–H groups in total. The van der Waals surface area contributed by atoms with Gasteiger partial charge in [-0.05, 0) is 43.2 Å². The van der Waals surface area contributed by atoms with Gasteiger partial charge in [0, 0.05) is 47.6 Å². The highest BCUT2D eigenvalue weighted by atomic mass is 32.1. The van der Waals surface area contributed by atoms with Gasteiger partial charge in [0.1, 0.15) is 0 Å². The van der Waals surface area contributed by atoms with Crippen LogP contribution in [0.2, 0.25) is 0 Å². The van der Waals surface area contributed by atoms with Crippen LogP contribution in [0.5, 0.6) is 0 Å². The second-order valence-corrected chi connectivity index (χ2v) is 10.3. The monoisotopic (exact) mass is 476 g/mol. The number of nitrogens with one attached hydrogen (secondary N) is 2. The van der Waals surface area contributed by atoms with Gasteiger partial charge in [-0.3, -0.25) is 14.5 Å². The number of thiophene rings is 1. The third-order valence-corrected chi connectivity index (χ3v) is 7.91. The number of hydrogen-bond acceptors (Lipinski definition) is 5. The molecule has 7 heteroatoms. The van der Waals surface area contributed by atoms with Crippen molar-refractivity contribution >= 4 is 34.1 Å². The average Bonchev–Trinajstić information content (AvgIpc) is 3.39. The largest absolute Gasteiger partial charge is 0.354 e. The predicted molar refractivity (Wildman–Crippen MR) is 137 cm³/mol. The van der Waals surface area contributed by atoms with Crippen molar-refractivity contribution in [2.75, 3.05) is 19.6 Å². The van der Waals surface area contributed by atoms with Crippen molar-refractivity contribution in [3.63, 3.8) is 0 Å². The topological polar surface area (TPSA) is 74.3 Å². The van der Waals surface area contributed by atoms with Crippen LogP contribution in [-0.2, 0) is 11.3 Å². The van der Waals surface area contributed by atoms with Crippen LogP contribution in [0.4, 0.5) is 0 Å². The molecule has 0 bridgehead atoms. The van der Waals surface area contributed by atoms with Crippen LogP contribution in [0.1, 0.15) is 54.9 Å². The quantitative estimate of drug-likeness (QED) is 0.546. The van der Waals surface area contributed by atoms with Crippen molar-refractivity contribution in [3.05, 3.63) is 52.2 Å². The number of benzene rings is 1. The van der Waals surface area contributed by atoms with Crippen molar-refractivity contribution in [2.24, 2.45) is 5.92 Å². The fourth-order valence-corrected chi connectivity index (χ4v) is 6.02. The second kappa shape index (κ2) is 10.2. The number of rotatable bonds is 6. The Kier molecular flexibility index (Phi) is 6.92. The summed E-state index contributed by atoms with van der Waals surface area (Å²) in [6.07, 6.45) is 6.13. The fourth-order valence-electron chi connectivity index (χ4n) is 5.38. The number of pyridine rings is 1. The summed E-state index contributed by atoms with van der Waals surface area (Å²) < 4.78 is 0. The Bertz CT molecular complexity index is 1170. The molecule has 1 aliphatic heterocycles. The molecule has 6 nitrogen and oxygen atoms in total. The van der Waals surface area contributed by atoms with Crippen molar-refractivity contribution in [3.8, 4) is 11.3 Å². The normalized spacial score (nSPS) is 18.6.